The zero-order valence-electron chi connectivity index (χ0n) is 22.1. The Morgan fingerprint density at radius 3 is 2.38 bits per heavy atom. The summed E-state index contributed by atoms with van der Waals surface area (Å²) in [6, 6.07) is 16.5. The summed E-state index contributed by atoms with van der Waals surface area (Å²) >= 11 is 3.53. The molecule has 3 heterocycles. The smallest absolute Gasteiger partial charge is 0.253 e. The summed E-state index contributed by atoms with van der Waals surface area (Å²) in [6.45, 7) is 8.62. The Labute approximate surface area is 228 Å². The summed E-state index contributed by atoms with van der Waals surface area (Å²) in [5, 5.41) is 5.71. The van der Waals surface area contributed by atoms with Crippen LogP contribution in [0.3, 0.4) is 0 Å². The van der Waals surface area contributed by atoms with E-state index in [-0.39, 0.29) is 11.4 Å². The highest BCUT2D eigenvalue weighted by molar-refractivity contribution is 9.10. The number of carbonyl (C=O) groups is 1. The van der Waals surface area contributed by atoms with Crippen LogP contribution in [0.25, 0.3) is 10.9 Å². The number of likely N-dealkylation sites (tertiary alicyclic amines) is 2. The number of benzene rings is 2. The van der Waals surface area contributed by atoms with Gasteiger partial charge in [0.2, 0.25) is 0 Å². The maximum Gasteiger partial charge on any atom is 0.253 e. The number of aromatic nitrogens is 1. The lowest BCUT2D eigenvalue weighted by molar-refractivity contribution is 0.0161. The molecule has 2 fully saturated rings. The van der Waals surface area contributed by atoms with Gasteiger partial charge < -0.3 is 14.3 Å². The topological polar surface area (TPSA) is 50.1 Å². The van der Waals surface area contributed by atoms with Crippen LogP contribution in [0.4, 0.5) is 0 Å². The minimum Gasteiger partial charge on any atom is -0.396 e. The van der Waals surface area contributed by atoms with Crippen LogP contribution in [0.2, 0.25) is 0 Å². The SMILES string of the molecule is CCO/N=C(\c1ccc(Br)cc1)C1CCN(C2(C)CCN(C(=O)c3ccc4ccn(C)c4c3)CC2)CC1. The Bertz CT molecular complexity index is 1270. The first-order chi connectivity index (χ1) is 17.9. The van der Waals surface area contributed by atoms with Crippen molar-refractivity contribution >= 4 is 38.5 Å². The summed E-state index contributed by atoms with van der Waals surface area (Å²) in [4.78, 5) is 23.5. The molecule has 2 aromatic carbocycles. The molecule has 2 aliphatic heterocycles. The van der Waals surface area contributed by atoms with Gasteiger partial charge in [-0.15, -0.1) is 0 Å². The molecule has 0 unspecified atom stereocenters. The Hall–Kier alpha value is -2.64. The maximum atomic E-state index is 13.3. The van der Waals surface area contributed by atoms with Crippen LogP contribution in [-0.4, -0.2) is 64.3 Å². The molecule has 0 bridgehead atoms. The molecule has 37 heavy (non-hydrogen) atoms. The van der Waals surface area contributed by atoms with Crippen molar-refractivity contribution in [3.05, 3.63) is 70.3 Å². The Balaban J connectivity index is 1.20. The molecule has 1 aromatic heterocycles. The number of aryl methyl sites for hydroxylation is 1. The van der Waals surface area contributed by atoms with Crippen LogP contribution in [0, 0.1) is 5.92 Å². The van der Waals surface area contributed by atoms with E-state index in [9.17, 15) is 4.79 Å². The van der Waals surface area contributed by atoms with Gasteiger partial charge in [0.1, 0.15) is 6.61 Å². The predicted octanol–water partition coefficient (Wildman–Crippen LogP) is 6.09. The third kappa shape index (κ3) is 5.48. The molecular formula is C30H37BrN4O2. The molecular weight excluding hydrogens is 528 g/mol. The van der Waals surface area contributed by atoms with Crippen molar-refractivity contribution in [3.8, 4) is 0 Å². The van der Waals surface area contributed by atoms with Gasteiger partial charge in [-0.3, -0.25) is 9.69 Å². The normalized spacial score (nSPS) is 19.4. The monoisotopic (exact) mass is 564 g/mol. The van der Waals surface area contributed by atoms with E-state index < -0.39 is 0 Å². The van der Waals surface area contributed by atoms with Crippen LogP contribution < -0.4 is 0 Å². The third-order valence-corrected chi connectivity index (χ3v) is 8.87. The van der Waals surface area contributed by atoms with Crippen LogP contribution in [0.5, 0.6) is 0 Å². The number of oxime groups is 1. The minimum absolute atomic E-state index is 0.124. The molecule has 1 amide bonds. The second kappa shape index (κ2) is 11.0. The number of nitrogens with zero attached hydrogens (tertiary/aromatic N) is 4. The molecule has 0 N–H and O–H groups in total. The second-order valence-corrected chi connectivity index (χ2v) is 11.6. The van der Waals surface area contributed by atoms with Gasteiger partial charge in [0.05, 0.1) is 5.71 Å². The van der Waals surface area contributed by atoms with Crippen molar-refractivity contribution in [2.75, 3.05) is 32.8 Å². The fraction of sp³-hybridized carbons (Fsp3) is 0.467. The molecule has 5 rings (SSSR count). The van der Waals surface area contributed by atoms with Crippen molar-refractivity contribution in [2.45, 2.75) is 45.1 Å². The van der Waals surface area contributed by atoms with Crippen molar-refractivity contribution < 1.29 is 9.63 Å². The zero-order chi connectivity index (χ0) is 26.0. The number of carbonyl (C=O) groups excluding carboxylic acids is 1. The van der Waals surface area contributed by atoms with E-state index in [4.69, 9.17) is 4.84 Å². The molecule has 0 aliphatic carbocycles. The highest BCUT2D eigenvalue weighted by Gasteiger charge is 2.39. The number of hydrogen-bond donors (Lipinski definition) is 0. The van der Waals surface area contributed by atoms with E-state index in [2.05, 4.69) is 73.9 Å². The van der Waals surface area contributed by atoms with Crippen molar-refractivity contribution in [2.24, 2.45) is 18.1 Å². The molecule has 2 aliphatic rings. The Morgan fingerprint density at radius 1 is 1.03 bits per heavy atom. The second-order valence-electron chi connectivity index (χ2n) is 10.7. The average molecular weight is 566 g/mol. The highest BCUT2D eigenvalue weighted by atomic mass is 79.9. The molecule has 6 nitrogen and oxygen atoms in total. The summed E-state index contributed by atoms with van der Waals surface area (Å²) in [6.07, 6.45) is 6.18. The number of fused-ring (bicyclic) bond motifs is 1. The average Bonchev–Trinajstić information content (AvgIpc) is 3.30. The van der Waals surface area contributed by atoms with Crippen molar-refractivity contribution in [1.29, 1.82) is 0 Å². The number of amides is 1. The van der Waals surface area contributed by atoms with Gasteiger partial charge in [-0.1, -0.05) is 39.3 Å². The fourth-order valence-electron chi connectivity index (χ4n) is 5.90. The van der Waals surface area contributed by atoms with Gasteiger partial charge >= 0.3 is 0 Å². The van der Waals surface area contributed by atoms with E-state index in [1.54, 1.807) is 0 Å². The van der Waals surface area contributed by atoms with E-state index >= 15 is 0 Å². The first-order valence-electron chi connectivity index (χ1n) is 13.4. The third-order valence-electron chi connectivity index (χ3n) is 8.34. The first kappa shape index (κ1) is 26.0. The van der Waals surface area contributed by atoms with E-state index in [0.717, 1.165) is 78.7 Å². The van der Waals surface area contributed by atoms with Crippen LogP contribution in [0.15, 0.2) is 64.4 Å². The summed E-state index contributed by atoms with van der Waals surface area (Å²) in [5.41, 5.74) is 4.22. The quantitative estimate of drug-likeness (QED) is 0.269. The fourth-order valence-corrected chi connectivity index (χ4v) is 6.16. The molecule has 2 saturated heterocycles. The summed E-state index contributed by atoms with van der Waals surface area (Å²) < 4.78 is 3.14. The molecule has 0 atom stereocenters. The van der Waals surface area contributed by atoms with Gasteiger partial charge in [0.25, 0.3) is 5.91 Å². The van der Waals surface area contributed by atoms with Crippen molar-refractivity contribution in [1.82, 2.24) is 14.4 Å². The molecule has 7 heteroatoms. The maximum absolute atomic E-state index is 13.3. The van der Waals surface area contributed by atoms with Crippen molar-refractivity contribution in [3.63, 3.8) is 0 Å². The molecule has 3 aromatic rings. The standard InChI is InChI=1S/C30H37BrN4O2/c1-4-37-32-28(23-7-9-26(31)10-8-23)24-12-17-35(18-13-24)30(2)14-19-34(20-15-30)29(36)25-6-5-22-11-16-33(3)27(22)21-25/h5-11,16,21,24H,4,12-15,17-20H2,1-3H3/b32-28+. The number of rotatable bonds is 6. The van der Waals surface area contributed by atoms with Gasteiger partial charge in [-0.25, -0.2) is 0 Å². The van der Waals surface area contributed by atoms with Gasteiger partial charge in [-0.2, -0.15) is 0 Å². The highest BCUT2D eigenvalue weighted by Crippen LogP contribution is 2.34. The first-order valence-corrected chi connectivity index (χ1v) is 14.2. The summed E-state index contributed by atoms with van der Waals surface area (Å²) in [5.74, 6) is 0.539. The molecule has 0 radical (unpaired) electrons. The Kier molecular flexibility index (Phi) is 7.72. The van der Waals surface area contributed by atoms with Gasteiger partial charge in [-0.05, 0) is 93.9 Å². The van der Waals surface area contributed by atoms with Crippen LogP contribution >= 0.6 is 15.9 Å². The predicted molar refractivity (Wildman–Crippen MR) is 153 cm³/mol. The molecule has 196 valence electrons. The summed E-state index contributed by atoms with van der Waals surface area (Å²) in [7, 11) is 2.02. The Morgan fingerprint density at radius 2 is 1.70 bits per heavy atom. The van der Waals surface area contributed by atoms with E-state index in [1.165, 1.54) is 5.39 Å². The molecule has 0 spiro atoms. The number of hydrogen-bond acceptors (Lipinski definition) is 4. The molecule has 0 saturated carbocycles. The van der Waals surface area contributed by atoms with Crippen LogP contribution in [0.1, 0.15) is 55.5 Å². The number of piperidine rings is 2. The lowest BCUT2D eigenvalue weighted by atomic mass is 9.82. The lowest BCUT2D eigenvalue weighted by Crippen LogP contribution is -2.56. The van der Waals surface area contributed by atoms with Gasteiger partial charge in [0.15, 0.2) is 0 Å². The van der Waals surface area contributed by atoms with Gasteiger partial charge in [0, 0.05) is 53.3 Å². The van der Waals surface area contributed by atoms with Crippen LogP contribution in [-0.2, 0) is 11.9 Å². The van der Waals surface area contributed by atoms with E-state index in [0.29, 0.717) is 12.5 Å². The minimum atomic E-state index is 0.124. The zero-order valence-corrected chi connectivity index (χ0v) is 23.7. The largest absolute Gasteiger partial charge is 0.396 e. The lowest BCUT2D eigenvalue weighted by Gasteiger charge is -2.49. The van der Waals surface area contributed by atoms with E-state index in [1.807, 2.05) is 37.2 Å². The number of halogens is 1.